The summed E-state index contributed by atoms with van der Waals surface area (Å²) in [6.45, 7) is 5.59. The van der Waals surface area contributed by atoms with Crippen LogP contribution in [0.15, 0.2) is 28.0 Å². The second-order valence-electron chi connectivity index (χ2n) is 5.21. The zero-order valence-electron chi connectivity index (χ0n) is 12.1. The number of hydrogen-bond donors (Lipinski definition) is 1. The van der Waals surface area contributed by atoms with E-state index in [2.05, 4.69) is 4.40 Å². The normalized spacial score (nSPS) is 13.9. The Morgan fingerprint density at radius 3 is 2.48 bits per heavy atom. The van der Waals surface area contributed by atoms with Gasteiger partial charge in [-0.05, 0) is 30.2 Å². The molecule has 0 saturated carbocycles. The molecule has 0 saturated heterocycles. The molecule has 0 aliphatic carbocycles. The van der Waals surface area contributed by atoms with Crippen molar-refractivity contribution in [2.75, 3.05) is 0 Å². The summed E-state index contributed by atoms with van der Waals surface area (Å²) in [6.07, 6.45) is 2.08. The van der Waals surface area contributed by atoms with Crippen LogP contribution in [-0.4, -0.2) is 14.3 Å². The molecule has 0 aliphatic heterocycles. The topological polar surface area (TPSA) is 72.5 Å². The van der Waals surface area contributed by atoms with Crippen molar-refractivity contribution in [2.45, 2.75) is 27.2 Å². The average molecular weight is 349 g/mol. The van der Waals surface area contributed by atoms with Gasteiger partial charge in [0.1, 0.15) is 5.84 Å². The van der Waals surface area contributed by atoms with E-state index in [4.69, 9.17) is 28.9 Å². The molecule has 7 heteroatoms. The van der Waals surface area contributed by atoms with E-state index < -0.39 is 15.4 Å². The minimum Gasteiger partial charge on any atom is -0.386 e. The molecule has 2 N–H and O–H groups in total. The summed E-state index contributed by atoms with van der Waals surface area (Å²) < 4.78 is 27.5. The van der Waals surface area contributed by atoms with Gasteiger partial charge in [-0.3, -0.25) is 0 Å². The van der Waals surface area contributed by atoms with Gasteiger partial charge in [-0.25, -0.2) is 0 Å². The minimum atomic E-state index is -3.79. The fraction of sp³-hybridized carbons (Fsp3) is 0.357. The first-order chi connectivity index (χ1) is 9.57. The minimum absolute atomic E-state index is 0.0868. The molecule has 0 amide bonds. The van der Waals surface area contributed by atoms with E-state index >= 15 is 0 Å². The van der Waals surface area contributed by atoms with Crippen LogP contribution in [-0.2, 0) is 10.0 Å². The number of benzene rings is 1. The van der Waals surface area contributed by atoms with E-state index in [1.807, 2.05) is 20.8 Å². The van der Waals surface area contributed by atoms with Crippen molar-refractivity contribution in [2.24, 2.45) is 15.5 Å². The highest BCUT2D eigenvalue weighted by molar-refractivity contribution is 7.93. The molecule has 0 atom stereocenters. The molecule has 1 aromatic rings. The molecule has 21 heavy (non-hydrogen) atoms. The van der Waals surface area contributed by atoms with E-state index in [-0.39, 0.29) is 5.84 Å². The van der Waals surface area contributed by atoms with Gasteiger partial charge in [0.2, 0.25) is 0 Å². The Bertz CT molecular complexity index is 680. The van der Waals surface area contributed by atoms with Crippen molar-refractivity contribution in [3.63, 3.8) is 0 Å². The molecule has 116 valence electrons. The van der Waals surface area contributed by atoms with Crippen LogP contribution in [0, 0.1) is 5.41 Å². The van der Waals surface area contributed by atoms with Crippen molar-refractivity contribution in [3.05, 3.63) is 39.2 Å². The summed E-state index contributed by atoms with van der Waals surface area (Å²) in [5, 5.41) is 1.75. The molecule has 0 fully saturated rings. The van der Waals surface area contributed by atoms with Gasteiger partial charge in [-0.1, -0.05) is 50.0 Å². The van der Waals surface area contributed by atoms with Crippen molar-refractivity contribution in [1.29, 1.82) is 0 Å². The third-order valence-electron chi connectivity index (χ3n) is 3.18. The first-order valence-electron chi connectivity index (χ1n) is 6.31. The molecule has 0 spiro atoms. The molecule has 0 unspecified atom stereocenters. The molecule has 0 aromatic heterocycles. The second-order valence-corrected chi connectivity index (χ2v) is 7.50. The van der Waals surface area contributed by atoms with Gasteiger partial charge in [0.25, 0.3) is 10.0 Å². The molecule has 4 nitrogen and oxygen atoms in total. The third kappa shape index (κ3) is 5.34. The van der Waals surface area contributed by atoms with Crippen molar-refractivity contribution >= 4 is 45.1 Å². The number of hydrogen-bond acceptors (Lipinski definition) is 2. The Balaban J connectivity index is 3.02. The first-order valence-corrected chi connectivity index (χ1v) is 8.57. The quantitative estimate of drug-likeness (QED) is 0.643. The van der Waals surface area contributed by atoms with Crippen LogP contribution in [0.4, 0.5) is 0 Å². The van der Waals surface area contributed by atoms with Gasteiger partial charge in [-0.2, -0.15) is 8.42 Å². The SMILES string of the molecule is CCC(C)(C)/C(N)=N/S(=O)(=O)C=Cc1ccc(Cl)c(Cl)c1. The second kappa shape index (κ2) is 6.81. The van der Waals surface area contributed by atoms with Crippen LogP contribution in [0.5, 0.6) is 0 Å². The van der Waals surface area contributed by atoms with Crippen LogP contribution < -0.4 is 5.73 Å². The van der Waals surface area contributed by atoms with Gasteiger partial charge in [-0.15, -0.1) is 4.40 Å². The Kier molecular flexibility index (Phi) is 5.84. The van der Waals surface area contributed by atoms with Crippen molar-refractivity contribution < 1.29 is 8.42 Å². The van der Waals surface area contributed by atoms with E-state index in [0.29, 0.717) is 22.0 Å². The van der Waals surface area contributed by atoms with E-state index in [9.17, 15) is 8.42 Å². The highest BCUT2D eigenvalue weighted by atomic mass is 35.5. The lowest BCUT2D eigenvalue weighted by Crippen LogP contribution is -2.32. The Morgan fingerprint density at radius 2 is 1.95 bits per heavy atom. The fourth-order valence-corrected chi connectivity index (χ4v) is 2.47. The van der Waals surface area contributed by atoms with Crippen LogP contribution in [0.1, 0.15) is 32.8 Å². The standard InChI is InChI=1S/C14H18Cl2N2O2S/c1-4-14(2,3)13(17)18-21(19,20)8-7-10-5-6-11(15)12(16)9-10/h5-9H,4H2,1-3H3,(H2,17,18). The lowest BCUT2D eigenvalue weighted by Gasteiger charge is -2.20. The zero-order valence-corrected chi connectivity index (χ0v) is 14.4. The maximum absolute atomic E-state index is 11.9. The van der Waals surface area contributed by atoms with E-state index in [1.165, 1.54) is 6.08 Å². The number of nitrogens with zero attached hydrogens (tertiary/aromatic N) is 1. The molecule has 0 radical (unpaired) electrons. The van der Waals surface area contributed by atoms with Crippen LogP contribution in [0.3, 0.4) is 0 Å². The zero-order chi connectivity index (χ0) is 16.3. The molecule has 0 heterocycles. The Hall–Kier alpha value is -1.04. The van der Waals surface area contributed by atoms with Crippen LogP contribution >= 0.6 is 23.2 Å². The molecule has 0 aliphatic rings. The summed E-state index contributed by atoms with van der Waals surface area (Å²) in [7, 11) is -3.79. The Morgan fingerprint density at radius 1 is 1.33 bits per heavy atom. The number of halogens is 2. The maximum Gasteiger partial charge on any atom is 0.277 e. The monoisotopic (exact) mass is 348 g/mol. The smallest absolute Gasteiger partial charge is 0.277 e. The summed E-state index contributed by atoms with van der Waals surface area (Å²) in [5.74, 6) is 0.0868. The highest BCUT2D eigenvalue weighted by Gasteiger charge is 2.22. The fourth-order valence-electron chi connectivity index (χ4n) is 1.25. The molecule has 0 bridgehead atoms. The largest absolute Gasteiger partial charge is 0.386 e. The maximum atomic E-state index is 11.9. The number of nitrogens with two attached hydrogens (primary N) is 1. The third-order valence-corrected chi connectivity index (χ3v) is 4.85. The first kappa shape index (κ1) is 18.0. The molecular weight excluding hydrogens is 331 g/mol. The summed E-state index contributed by atoms with van der Waals surface area (Å²) in [6, 6.07) is 4.82. The predicted molar refractivity (Wildman–Crippen MR) is 90.1 cm³/mol. The molecule has 1 aromatic carbocycles. The van der Waals surface area contributed by atoms with Gasteiger partial charge in [0.05, 0.1) is 15.5 Å². The Labute approximate surface area is 135 Å². The van der Waals surface area contributed by atoms with Gasteiger partial charge < -0.3 is 5.73 Å². The highest BCUT2D eigenvalue weighted by Crippen LogP contribution is 2.24. The van der Waals surface area contributed by atoms with Crippen LogP contribution in [0.2, 0.25) is 10.0 Å². The predicted octanol–water partition coefficient (Wildman–Crippen LogP) is 4.09. The number of amidine groups is 1. The molecule has 1 rings (SSSR count). The van der Waals surface area contributed by atoms with E-state index in [0.717, 1.165) is 5.41 Å². The van der Waals surface area contributed by atoms with Gasteiger partial charge in [0, 0.05) is 5.41 Å². The number of rotatable bonds is 5. The van der Waals surface area contributed by atoms with Crippen molar-refractivity contribution in [3.8, 4) is 0 Å². The lowest BCUT2D eigenvalue weighted by molar-refractivity contribution is 0.498. The molecular formula is C14H18Cl2N2O2S. The lowest BCUT2D eigenvalue weighted by atomic mass is 9.89. The number of sulfonamides is 1. The summed E-state index contributed by atoms with van der Waals surface area (Å²) >= 11 is 11.7. The van der Waals surface area contributed by atoms with Crippen LogP contribution in [0.25, 0.3) is 6.08 Å². The van der Waals surface area contributed by atoms with Gasteiger partial charge >= 0.3 is 0 Å². The van der Waals surface area contributed by atoms with E-state index in [1.54, 1.807) is 18.2 Å². The summed E-state index contributed by atoms with van der Waals surface area (Å²) in [4.78, 5) is 0. The average Bonchev–Trinajstić information content (AvgIpc) is 2.39. The van der Waals surface area contributed by atoms with Crippen molar-refractivity contribution in [1.82, 2.24) is 0 Å². The summed E-state index contributed by atoms with van der Waals surface area (Å²) in [5.41, 5.74) is 5.90. The van der Waals surface area contributed by atoms with Gasteiger partial charge in [0.15, 0.2) is 0 Å².